The van der Waals surface area contributed by atoms with E-state index in [1.807, 2.05) is 0 Å². The van der Waals surface area contributed by atoms with Crippen molar-refractivity contribution >= 4 is 11.8 Å². The first-order valence-electron chi connectivity index (χ1n) is 6.89. The summed E-state index contributed by atoms with van der Waals surface area (Å²) in [6.07, 6.45) is 4.38. The quantitative estimate of drug-likeness (QED) is 0.791. The van der Waals surface area contributed by atoms with E-state index < -0.39 is 6.67 Å². The number of halogens is 1. The first-order chi connectivity index (χ1) is 8.72. The van der Waals surface area contributed by atoms with Crippen molar-refractivity contribution in [1.29, 1.82) is 0 Å². The fraction of sp³-hybridized carbons (Fsp3) is 0.846. The fourth-order valence-corrected chi connectivity index (χ4v) is 2.87. The molecule has 2 aliphatic carbocycles. The van der Waals surface area contributed by atoms with Crippen molar-refractivity contribution in [2.24, 2.45) is 11.8 Å². The monoisotopic (exact) mass is 254 g/mol. The van der Waals surface area contributed by atoms with E-state index in [0.717, 1.165) is 25.7 Å². The van der Waals surface area contributed by atoms with Crippen molar-refractivity contribution in [3.63, 3.8) is 0 Å². The molecule has 4 nitrogen and oxygen atoms in total. The van der Waals surface area contributed by atoms with Crippen LogP contribution in [0.5, 0.6) is 0 Å². The Bertz CT molecular complexity index is 366. The third kappa shape index (κ3) is 2.10. The minimum Gasteiger partial charge on any atom is -0.342 e. The van der Waals surface area contributed by atoms with Crippen LogP contribution < -0.4 is 5.32 Å². The Kier molecular flexibility index (Phi) is 2.99. The zero-order valence-corrected chi connectivity index (χ0v) is 10.4. The Morgan fingerprint density at radius 3 is 2.39 bits per heavy atom. The standard InChI is InChI=1S/C13H19FN2O2/c14-6-1-7-16-11(9-4-5-9)12(17)15-10(13(16)18)8-2-3-8/h8-11H,1-7H2,(H,15,17). The van der Waals surface area contributed by atoms with E-state index in [2.05, 4.69) is 5.32 Å². The predicted molar refractivity (Wildman–Crippen MR) is 63.5 cm³/mol. The van der Waals surface area contributed by atoms with Crippen molar-refractivity contribution < 1.29 is 14.0 Å². The van der Waals surface area contributed by atoms with Gasteiger partial charge in [-0.3, -0.25) is 14.0 Å². The lowest BCUT2D eigenvalue weighted by molar-refractivity contribution is -0.151. The minimum absolute atomic E-state index is 0.0162. The number of nitrogens with one attached hydrogen (secondary N) is 1. The molecule has 1 N–H and O–H groups in total. The Hall–Kier alpha value is -1.13. The fourth-order valence-electron chi connectivity index (χ4n) is 2.87. The Morgan fingerprint density at radius 2 is 1.83 bits per heavy atom. The van der Waals surface area contributed by atoms with Crippen molar-refractivity contribution in [2.75, 3.05) is 13.2 Å². The number of hydrogen-bond donors (Lipinski definition) is 1. The van der Waals surface area contributed by atoms with E-state index in [-0.39, 0.29) is 23.9 Å². The summed E-state index contributed by atoms with van der Waals surface area (Å²) in [6.45, 7) is -0.0516. The first kappa shape index (κ1) is 11.9. The third-order valence-electron chi connectivity index (χ3n) is 4.15. The number of carbonyl (C=O) groups excluding carboxylic acids is 2. The van der Waals surface area contributed by atoms with Gasteiger partial charge in [-0.2, -0.15) is 0 Å². The number of carbonyl (C=O) groups is 2. The maximum atomic E-state index is 12.4. The average Bonchev–Trinajstić information content (AvgIpc) is 3.21. The van der Waals surface area contributed by atoms with Gasteiger partial charge in [0.05, 0.1) is 6.67 Å². The van der Waals surface area contributed by atoms with Gasteiger partial charge in [0.1, 0.15) is 12.1 Å². The molecule has 0 radical (unpaired) electrons. The molecular formula is C13H19FN2O2. The molecule has 3 fully saturated rings. The van der Waals surface area contributed by atoms with Crippen molar-refractivity contribution in [1.82, 2.24) is 10.2 Å². The van der Waals surface area contributed by atoms with E-state index in [1.54, 1.807) is 4.90 Å². The summed E-state index contributed by atoms with van der Waals surface area (Å²) in [4.78, 5) is 26.2. The minimum atomic E-state index is -0.434. The lowest BCUT2D eigenvalue weighted by Gasteiger charge is -2.39. The molecule has 1 aliphatic heterocycles. The maximum Gasteiger partial charge on any atom is 0.246 e. The highest BCUT2D eigenvalue weighted by Gasteiger charge is 2.50. The summed E-state index contributed by atoms with van der Waals surface area (Å²) >= 11 is 0. The zero-order chi connectivity index (χ0) is 12.7. The van der Waals surface area contributed by atoms with Gasteiger partial charge in [0.15, 0.2) is 0 Å². The molecule has 0 bridgehead atoms. The molecule has 5 heteroatoms. The van der Waals surface area contributed by atoms with Crippen LogP contribution in [0.4, 0.5) is 4.39 Å². The number of rotatable bonds is 5. The van der Waals surface area contributed by atoms with Crippen LogP contribution in [0.15, 0.2) is 0 Å². The van der Waals surface area contributed by atoms with E-state index >= 15 is 0 Å². The topological polar surface area (TPSA) is 49.4 Å². The largest absolute Gasteiger partial charge is 0.342 e. The number of nitrogens with zero attached hydrogens (tertiary/aromatic N) is 1. The first-order valence-corrected chi connectivity index (χ1v) is 6.89. The molecule has 2 unspecified atom stereocenters. The van der Waals surface area contributed by atoms with Gasteiger partial charge < -0.3 is 10.2 Å². The van der Waals surface area contributed by atoms with Crippen molar-refractivity contribution in [2.45, 2.75) is 44.2 Å². The summed E-state index contributed by atoms with van der Waals surface area (Å²) < 4.78 is 12.3. The highest BCUT2D eigenvalue weighted by atomic mass is 19.1. The summed E-state index contributed by atoms with van der Waals surface area (Å²) in [6, 6.07) is -0.675. The van der Waals surface area contributed by atoms with E-state index in [1.165, 1.54) is 0 Å². The molecule has 2 saturated carbocycles. The maximum absolute atomic E-state index is 12.4. The van der Waals surface area contributed by atoms with Gasteiger partial charge in [-0.15, -0.1) is 0 Å². The second-order valence-electron chi connectivity index (χ2n) is 5.68. The van der Waals surface area contributed by atoms with Gasteiger partial charge in [0.25, 0.3) is 0 Å². The van der Waals surface area contributed by atoms with Crippen LogP contribution in [-0.2, 0) is 9.59 Å². The van der Waals surface area contributed by atoms with Crippen LogP contribution in [0.3, 0.4) is 0 Å². The van der Waals surface area contributed by atoms with Crippen LogP contribution in [0.1, 0.15) is 32.1 Å². The van der Waals surface area contributed by atoms with Crippen LogP contribution in [0, 0.1) is 11.8 Å². The molecule has 3 rings (SSSR count). The van der Waals surface area contributed by atoms with Crippen LogP contribution in [-0.4, -0.2) is 42.0 Å². The van der Waals surface area contributed by atoms with Gasteiger partial charge in [0.2, 0.25) is 11.8 Å². The van der Waals surface area contributed by atoms with Gasteiger partial charge in [-0.05, 0) is 43.9 Å². The third-order valence-corrected chi connectivity index (χ3v) is 4.15. The number of hydrogen-bond acceptors (Lipinski definition) is 2. The summed E-state index contributed by atoms with van der Waals surface area (Å²) in [5, 5.41) is 2.88. The lowest BCUT2D eigenvalue weighted by atomic mass is 10.0. The molecule has 2 amide bonds. The Balaban J connectivity index is 1.76. The van der Waals surface area contributed by atoms with E-state index in [0.29, 0.717) is 24.8 Å². The Labute approximate surface area is 106 Å². The second-order valence-corrected chi connectivity index (χ2v) is 5.68. The van der Waals surface area contributed by atoms with Crippen LogP contribution in [0.25, 0.3) is 0 Å². The SMILES string of the molecule is O=C1NC(C2CC2)C(=O)N(CCCF)C1C1CC1. The molecule has 0 aromatic rings. The van der Waals surface area contributed by atoms with Gasteiger partial charge >= 0.3 is 0 Å². The molecule has 1 saturated heterocycles. The van der Waals surface area contributed by atoms with Crippen molar-refractivity contribution in [3.8, 4) is 0 Å². The lowest BCUT2D eigenvalue weighted by Crippen LogP contribution is -2.64. The van der Waals surface area contributed by atoms with Gasteiger partial charge in [0, 0.05) is 6.54 Å². The molecule has 0 aromatic carbocycles. The zero-order valence-electron chi connectivity index (χ0n) is 10.4. The molecule has 0 aromatic heterocycles. The number of amides is 2. The predicted octanol–water partition coefficient (Wildman–Crippen LogP) is 0.862. The van der Waals surface area contributed by atoms with Crippen LogP contribution >= 0.6 is 0 Å². The normalized spacial score (nSPS) is 32.6. The molecular weight excluding hydrogens is 235 g/mol. The highest BCUT2D eigenvalue weighted by Crippen LogP contribution is 2.40. The summed E-state index contributed by atoms with van der Waals surface area (Å²) in [5.41, 5.74) is 0. The van der Waals surface area contributed by atoms with E-state index in [9.17, 15) is 14.0 Å². The number of piperazine rings is 1. The van der Waals surface area contributed by atoms with Gasteiger partial charge in [-0.1, -0.05) is 0 Å². The molecule has 2 atom stereocenters. The average molecular weight is 254 g/mol. The van der Waals surface area contributed by atoms with Crippen LogP contribution in [0.2, 0.25) is 0 Å². The molecule has 0 spiro atoms. The number of alkyl halides is 1. The summed E-state index contributed by atoms with van der Waals surface area (Å²) in [5.74, 6) is 0.610. The molecule has 1 heterocycles. The second kappa shape index (κ2) is 4.52. The highest BCUT2D eigenvalue weighted by molar-refractivity contribution is 5.97. The summed E-state index contributed by atoms with van der Waals surface area (Å²) in [7, 11) is 0. The Morgan fingerprint density at radius 1 is 1.17 bits per heavy atom. The van der Waals surface area contributed by atoms with Gasteiger partial charge in [-0.25, -0.2) is 0 Å². The smallest absolute Gasteiger partial charge is 0.246 e. The van der Waals surface area contributed by atoms with E-state index in [4.69, 9.17) is 0 Å². The molecule has 100 valence electrons. The molecule has 18 heavy (non-hydrogen) atoms. The molecule has 3 aliphatic rings. The van der Waals surface area contributed by atoms with Crippen molar-refractivity contribution in [3.05, 3.63) is 0 Å².